The summed E-state index contributed by atoms with van der Waals surface area (Å²) >= 11 is 0. The van der Waals surface area contributed by atoms with Crippen LogP contribution in [-0.2, 0) is 19.1 Å². The SMILES string of the molecule is CC(C)(C)OC(=O)NCCC[C@H](NC(=O)OCC1c2ccccc2-c2ccccc21)C(=O)NCC(=O)O. The number of benzene rings is 2. The van der Waals surface area contributed by atoms with Gasteiger partial charge in [0.25, 0.3) is 0 Å². The van der Waals surface area contributed by atoms with Crippen LogP contribution in [-0.4, -0.2) is 60.5 Å². The number of carbonyl (C=O) groups excluding carboxylic acids is 3. The average Bonchev–Trinajstić information content (AvgIpc) is 3.15. The predicted octanol–water partition coefficient (Wildman–Crippen LogP) is 3.40. The minimum Gasteiger partial charge on any atom is -0.480 e. The lowest BCUT2D eigenvalue weighted by molar-refractivity contribution is -0.138. The molecule has 0 radical (unpaired) electrons. The fourth-order valence-electron chi connectivity index (χ4n) is 4.15. The highest BCUT2D eigenvalue weighted by atomic mass is 16.6. The van der Waals surface area contributed by atoms with E-state index in [0.717, 1.165) is 22.3 Å². The van der Waals surface area contributed by atoms with Crippen LogP contribution in [0.25, 0.3) is 11.1 Å². The normalized spacial score (nSPS) is 13.1. The molecule has 1 aliphatic carbocycles. The maximum atomic E-state index is 12.7. The topological polar surface area (TPSA) is 143 Å². The van der Waals surface area contributed by atoms with Crippen LogP contribution in [0.3, 0.4) is 0 Å². The molecule has 0 aromatic heterocycles. The number of nitrogens with one attached hydrogen (secondary N) is 3. The standard InChI is InChI=1S/C27H33N3O7/c1-27(2,3)37-25(34)28-14-8-13-22(24(33)29-15-23(31)32)30-26(35)36-16-21-19-11-6-4-9-17(19)18-10-5-7-12-20(18)21/h4-7,9-12,21-22H,8,13-16H2,1-3H3,(H,28,34)(H,29,33)(H,30,35)(H,31,32)/t22-/m0/s1. The minimum absolute atomic E-state index is 0.0729. The second-order valence-electron chi connectivity index (χ2n) is 9.70. The molecule has 2 aromatic carbocycles. The summed E-state index contributed by atoms with van der Waals surface area (Å²) in [6, 6.07) is 14.8. The lowest BCUT2D eigenvalue weighted by Crippen LogP contribution is -2.48. The number of hydrogen-bond acceptors (Lipinski definition) is 6. The van der Waals surface area contributed by atoms with Gasteiger partial charge in [0.1, 0.15) is 24.8 Å². The summed E-state index contributed by atoms with van der Waals surface area (Å²) in [6.45, 7) is 4.92. The van der Waals surface area contributed by atoms with Crippen molar-refractivity contribution in [2.24, 2.45) is 0 Å². The molecule has 0 saturated carbocycles. The van der Waals surface area contributed by atoms with Gasteiger partial charge in [0, 0.05) is 12.5 Å². The van der Waals surface area contributed by atoms with Crippen molar-refractivity contribution in [2.45, 2.75) is 51.2 Å². The lowest BCUT2D eigenvalue weighted by atomic mass is 9.98. The van der Waals surface area contributed by atoms with Crippen molar-refractivity contribution >= 4 is 24.1 Å². The van der Waals surface area contributed by atoms with E-state index in [-0.39, 0.29) is 25.5 Å². The van der Waals surface area contributed by atoms with Crippen LogP contribution in [0, 0.1) is 0 Å². The Hall–Kier alpha value is -4.08. The van der Waals surface area contributed by atoms with Crippen molar-refractivity contribution in [3.63, 3.8) is 0 Å². The Labute approximate surface area is 215 Å². The Balaban J connectivity index is 1.57. The summed E-state index contributed by atoms with van der Waals surface area (Å²) in [5.74, 6) is -2.01. The van der Waals surface area contributed by atoms with Crippen LogP contribution >= 0.6 is 0 Å². The van der Waals surface area contributed by atoms with Gasteiger partial charge in [-0.05, 0) is 55.9 Å². The molecule has 2 aromatic rings. The third kappa shape index (κ3) is 7.96. The van der Waals surface area contributed by atoms with Crippen molar-refractivity contribution in [1.82, 2.24) is 16.0 Å². The van der Waals surface area contributed by atoms with E-state index in [9.17, 15) is 19.2 Å². The van der Waals surface area contributed by atoms with E-state index in [1.54, 1.807) is 20.8 Å². The number of amides is 3. The summed E-state index contributed by atoms with van der Waals surface area (Å²) in [5.41, 5.74) is 3.65. The fourth-order valence-corrected chi connectivity index (χ4v) is 4.15. The molecule has 0 bridgehead atoms. The summed E-state index contributed by atoms with van der Waals surface area (Å²) < 4.78 is 10.7. The van der Waals surface area contributed by atoms with E-state index in [1.807, 2.05) is 48.5 Å². The van der Waals surface area contributed by atoms with Crippen molar-refractivity contribution in [3.8, 4) is 11.1 Å². The molecule has 0 unspecified atom stereocenters. The highest BCUT2D eigenvalue weighted by molar-refractivity contribution is 5.88. The maximum absolute atomic E-state index is 12.7. The van der Waals surface area contributed by atoms with E-state index in [0.29, 0.717) is 6.42 Å². The number of alkyl carbamates (subject to hydrolysis) is 2. The van der Waals surface area contributed by atoms with Gasteiger partial charge in [0.15, 0.2) is 0 Å². The monoisotopic (exact) mass is 511 g/mol. The first-order valence-electron chi connectivity index (χ1n) is 12.1. The Morgan fingerprint density at radius 1 is 0.919 bits per heavy atom. The van der Waals surface area contributed by atoms with E-state index in [2.05, 4.69) is 16.0 Å². The van der Waals surface area contributed by atoms with E-state index < -0.39 is 42.3 Å². The molecular formula is C27H33N3O7. The highest BCUT2D eigenvalue weighted by Gasteiger charge is 2.30. The summed E-state index contributed by atoms with van der Waals surface area (Å²) in [6.07, 6.45) is -0.916. The zero-order valence-electron chi connectivity index (χ0n) is 21.2. The Kier molecular flexibility index (Phi) is 9.10. The third-order valence-corrected chi connectivity index (χ3v) is 5.70. The molecule has 0 saturated heterocycles. The van der Waals surface area contributed by atoms with Gasteiger partial charge in [0.05, 0.1) is 0 Å². The number of hydrogen-bond donors (Lipinski definition) is 4. The van der Waals surface area contributed by atoms with Gasteiger partial charge in [-0.15, -0.1) is 0 Å². The van der Waals surface area contributed by atoms with E-state index >= 15 is 0 Å². The van der Waals surface area contributed by atoms with Crippen LogP contribution in [0.1, 0.15) is 50.7 Å². The molecule has 10 nitrogen and oxygen atoms in total. The van der Waals surface area contributed by atoms with Gasteiger partial charge in [-0.3, -0.25) is 9.59 Å². The first-order chi connectivity index (χ1) is 17.5. The maximum Gasteiger partial charge on any atom is 0.407 e. The zero-order valence-corrected chi connectivity index (χ0v) is 21.2. The smallest absolute Gasteiger partial charge is 0.407 e. The van der Waals surface area contributed by atoms with Crippen LogP contribution in [0.15, 0.2) is 48.5 Å². The molecule has 3 amide bonds. The molecule has 37 heavy (non-hydrogen) atoms. The van der Waals surface area contributed by atoms with Crippen molar-refractivity contribution < 1.29 is 33.8 Å². The second kappa shape index (κ2) is 12.2. The predicted molar refractivity (Wildman–Crippen MR) is 136 cm³/mol. The molecule has 4 N–H and O–H groups in total. The molecule has 0 fully saturated rings. The molecule has 0 spiro atoms. The van der Waals surface area contributed by atoms with Crippen LogP contribution in [0.2, 0.25) is 0 Å². The Morgan fingerprint density at radius 2 is 1.51 bits per heavy atom. The van der Waals surface area contributed by atoms with Gasteiger partial charge in [-0.1, -0.05) is 48.5 Å². The second-order valence-corrected chi connectivity index (χ2v) is 9.70. The number of carbonyl (C=O) groups is 4. The van der Waals surface area contributed by atoms with Crippen molar-refractivity contribution in [1.29, 1.82) is 0 Å². The fraction of sp³-hybridized carbons (Fsp3) is 0.407. The van der Waals surface area contributed by atoms with Crippen molar-refractivity contribution in [2.75, 3.05) is 19.7 Å². The third-order valence-electron chi connectivity index (χ3n) is 5.70. The van der Waals surface area contributed by atoms with Crippen molar-refractivity contribution in [3.05, 3.63) is 59.7 Å². The number of aliphatic carboxylic acids is 1. The highest BCUT2D eigenvalue weighted by Crippen LogP contribution is 2.44. The molecular weight excluding hydrogens is 478 g/mol. The quantitative estimate of drug-likeness (QED) is 0.358. The molecule has 1 aliphatic rings. The average molecular weight is 512 g/mol. The van der Waals surface area contributed by atoms with E-state index in [1.165, 1.54) is 0 Å². The van der Waals surface area contributed by atoms with Gasteiger partial charge in [0.2, 0.25) is 5.91 Å². The van der Waals surface area contributed by atoms with Gasteiger partial charge < -0.3 is 30.5 Å². The molecule has 1 atom stereocenters. The molecule has 10 heteroatoms. The number of ether oxygens (including phenoxy) is 2. The largest absolute Gasteiger partial charge is 0.480 e. The molecule has 0 heterocycles. The molecule has 0 aliphatic heterocycles. The summed E-state index contributed by atoms with van der Waals surface area (Å²) in [5, 5.41) is 16.3. The Bertz CT molecular complexity index is 1100. The van der Waals surface area contributed by atoms with Gasteiger partial charge in [-0.2, -0.15) is 0 Å². The Morgan fingerprint density at radius 3 is 2.08 bits per heavy atom. The zero-order chi connectivity index (χ0) is 27.0. The van der Waals surface area contributed by atoms with E-state index in [4.69, 9.17) is 14.6 Å². The van der Waals surface area contributed by atoms with Crippen LogP contribution in [0.5, 0.6) is 0 Å². The number of rotatable bonds is 10. The number of carboxylic acid groups (broad SMARTS) is 1. The molecule has 3 rings (SSSR count). The molecule has 198 valence electrons. The summed E-state index contributed by atoms with van der Waals surface area (Å²) in [4.78, 5) is 47.9. The number of fused-ring (bicyclic) bond motifs is 3. The van der Waals surface area contributed by atoms with Crippen LogP contribution < -0.4 is 16.0 Å². The summed E-state index contributed by atoms with van der Waals surface area (Å²) in [7, 11) is 0. The van der Waals surface area contributed by atoms with Gasteiger partial charge in [-0.25, -0.2) is 9.59 Å². The lowest BCUT2D eigenvalue weighted by Gasteiger charge is -2.21. The first kappa shape index (κ1) is 27.5. The van der Waals surface area contributed by atoms with Gasteiger partial charge >= 0.3 is 18.2 Å². The van der Waals surface area contributed by atoms with Crippen LogP contribution in [0.4, 0.5) is 9.59 Å². The number of carboxylic acids is 1. The minimum atomic E-state index is -1.21. The first-order valence-corrected chi connectivity index (χ1v) is 12.1.